The van der Waals surface area contributed by atoms with Crippen molar-refractivity contribution < 1.29 is 0 Å². The minimum Gasteiger partial charge on any atom is -0.320 e. The zero-order valence-corrected chi connectivity index (χ0v) is 12.2. The van der Waals surface area contributed by atoms with Crippen LogP contribution in [0.2, 0.25) is 0 Å². The molecule has 1 aliphatic heterocycles. The van der Waals surface area contributed by atoms with Crippen LogP contribution in [-0.4, -0.2) is 39.3 Å². The number of nitrogens with zero attached hydrogens (tertiary/aromatic N) is 4. The number of aryl methyl sites for hydroxylation is 1. The Morgan fingerprint density at radius 2 is 1.94 bits per heavy atom. The number of piperidine rings is 1. The van der Waals surface area contributed by atoms with Crippen molar-refractivity contribution in [3.63, 3.8) is 0 Å². The largest absolute Gasteiger partial charge is 0.320 e. The van der Waals surface area contributed by atoms with Gasteiger partial charge in [0.25, 0.3) is 0 Å². The molecule has 4 heteroatoms. The summed E-state index contributed by atoms with van der Waals surface area (Å²) in [4.78, 5) is 2.60. The Balaban J connectivity index is 1.80. The predicted octanol–water partition coefficient (Wildman–Crippen LogP) is 2.43. The SMILES string of the molecule is Cn1cnnc1C1CCN(CCC(C)(C)C)CC1. The quantitative estimate of drug-likeness (QED) is 0.826. The molecule has 0 unspecified atom stereocenters. The van der Waals surface area contributed by atoms with Gasteiger partial charge >= 0.3 is 0 Å². The molecule has 0 amide bonds. The first-order valence-corrected chi connectivity index (χ1v) is 7.02. The van der Waals surface area contributed by atoms with Gasteiger partial charge in [-0.3, -0.25) is 0 Å². The summed E-state index contributed by atoms with van der Waals surface area (Å²) in [6, 6.07) is 0. The number of hydrogen-bond donors (Lipinski definition) is 0. The Hall–Kier alpha value is -0.900. The van der Waals surface area contributed by atoms with E-state index in [-0.39, 0.29) is 0 Å². The van der Waals surface area contributed by atoms with Gasteiger partial charge in [0.2, 0.25) is 0 Å². The third-order valence-electron chi connectivity index (χ3n) is 3.88. The normalized spacial score (nSPS) is 19.3. The van der Waals surface area contributed by atoms with Crippen molar-refractivity contribution in [1.29, 1.82) is 0 Å². The molecule has 1 aromatic rings. The van der Waals surface area contributed by atoms with Crippen molar-refractivity contribution in [3.8, 4) is 0 Å². The molecule has 0 saturated carbocycles. The van der Waals surface area contributed by atoms with Gasteiger partial charge in [-0.05, 0) is 44.3 Å². The maximum atomic E-state index is 4.24. The van der Waals surface area contributed by atoms with E-state index >= 15 is 0 Å². The van der Waals surface area contributed by atoms with Crippen LogP contribution < -0.4 is 0 Å². The lowest BCUT2D eigenvalue weighted by molar-refractivity contribution is 0.181. The Bertz CT molecular complexity index is 369. The first-order chi connectivity index (χ1) is 8.46. The fourth-order valence-electron chi connectivity index (χ4n) is 2.57. The number of likely N-dealkylation sites (tertiary alicyclic amines) is 1. The predicted molar refractivity (Wildman–Crippen MR) is 73.5 cm³/mol. The van der Waals surface area contributed by atoms with Crippen LogP contribution in [-0.2, 0) is 7.05 Å². The lowest BCUT2D eigenvalue weighted by Gasteiger charge is -2.33. The topological polar surface area (TPSA) is 34.0 Å². The smallest absolute Gasteiger partial charge is 0.135 e. The van der Waals surface area contributed by atoms with Crippen LogP contribution in [0.4, 0.5) is 0 Å². The Kier molecular flexibility index (Phi) is 4.05. The first-order valence-electron chi connectivity index (χ1n) is 7.02. The maximum Gasteiger partial charge on any atom is 0.135 e. The van der Waals surface area contributed by atoms with Crippen LogP contribution in [0.25, 0.3) is 0 Å². The molecule has 0 aliphatic carbocycles. The lowest BCUT2D eigenvalue weighted by atomic mass is 9.90. The van der Waals surface area contributed by atoms with E-state index in [2.05, 4.69) is 40.4 Å². The molecule has 102 valence electrons. The minimum atomic E-state index is 0.445. The third-order valence-corrected chi connectivity index (χ3v) is 3.88. The number of hydrogen-bond acceptors (Lipinski definition) is 3. The third kappa shape index (κ3) is 3.55. The molecule has 1 aliphatic rings. The molecular weight excluding hydrogens is 224 g/mol. The van der Waals surface area contributed by atoms with Crippen LogP contribution in [0.15, 0.2) is 6.33 Å². The zero-order valence-electron chi connectivity index (χ0n) is 12.2. The van der Waals surface area contributed by atoms with Gasteiger partial charge in [-0.25, -0.2) is 0 Å². The standard InChI is InChI=1S/C14H26N4/c1-14(2,3)7-10-18-8-5-12(6-9-18)13-16-15-11-17(13)4/h11-12H,5-10H2,1-4H3. The maximum absolute atomic E-state index is 4.24. The van der Waals surface area contributed by atoms with E-state index in [0.29, 0.717) is 11.3 Å². The summed E-state index contributed by atoms with van der Waals surface area (Å²) in [5, 5.41) is 8.23. The van der Waals surface area contributed by atoms with Crippen molar-refractivity contribution in [2.75, 3.05) is 19.6 Å². The highest BCUT2D eigenvalue weighted by Gasteiger charge is 2.24. The van der Waals surface area contributed by atoms with Gasteiger partial charge in [-0.1, -0.05) is 20.8 Å². The van der Waals surface area contributed by atoms with E-state index < -0.39 is 0 Å². The van der Waals surface area contributed by atoms with Gasteiger partial charge in [0, 0.05) is 13.0 Å². The van der Waals surface area contributed by atoms with Crippen LogP contribution in [0.1, 0.15) is 51.8 Å². The second kappa shape index (κ2) is 5.39. The molecule has 1 fully saturated rings. The van der Waals surface area contributed by atoms with Crippen molar-refractivity contribution in [2.24, 2.45) is 12.5 Å². The molecule has 0 atom stereocenters. The molecule has 0 N–H and O–H groups in total. The summed E-state index contributed by atoms with van der Waals surface area (Å²) < 4.78 is 2.06. The van der Waals surface area contributed by atoms with E-state index in [9.17, 15) is 0 Å². The van der Waals surface area contributed by atoms with E-state index in [1.54, 1.807) is 6.33 Å². The average molecular weight is 250 g/mol. The lowest BCUT2D eigenvalue weighted by Crippen LogP contribution is -2.35. The van der Waals surface area contributed by atoms with Crippen molar-refractivity contribution in [3.05, 3.63) is 12.2 Å². The molecule has 4 nitrogen and oxygen atoms in total. The molecule has 0 radical (unpaired) electrons. The highest BCUT2D eigenvalue weighted by molar-refractivity contribution is 4.98. The number of rotatable bonds is 3. The molecule has 2 heterocycles. The van der Waals surface area contributed by atoms with E-state index in [4.69, 9.17) is 0 Å². The van der Waals surface area contributed by atoms with Gasteiger partial charge < -0.3 is 9.47 Å². The zero-order chi connectivity index (χ0) is 13.2. The summed E-state index contributed by atoms with van der Waals surface area (Å²) >= 11 is 0. The Morgan fingerprint density at radius 3 is 2.44 bits per heavy atom. The summed E-state index contributed by atoms with van der Waals surface area (Å²) in [5.74, 6) is 1.76. The summed E-state index contributed by atoms with van der Waals surface area (Å²) in [6.07, 6.45) is 5.52. The molecule has 0 spiro atoms. The van der Waals surface area contributed by atoms with Crippen molar-refractivity contribution in [1.82, 2.24) is 19.7 Å². The molecule has 0 aromatic carbocycles. The van der Waals surface area contributed by atoms with Gasteiger partial charge in [0.1, 0.15) is 12.2 Å². The Morgan fingerprint density at radius 1 is 1.28 bits per heavy atom. The summed E-state index contributed by atoms with van der Waals surface area (Å²) in [7, 11) is 2.04. The van der Waals surface area contributed by atoms with Crippen LogP contribution in [0, 0.1) is 5.41 Å². The van der Waals surface area contributed by atoms with Crippen LogP contribution in [0.5, 0.6) is 0 Å². The molecule has 1 aromatic heterocycles. The van der Waals surface area contributed by atoms with Crippen LogP contribution in [0.3, 0.4) is 0 Å². The van der Waals surface area contributed by atoms with E-state index in [1.807, 2.05) is 7.05 Å². The van der Waals surface area contributed by atoms with Crippen molar-refractivity contribution in [2.45, 2.75) is 46.0 Å². The van der Waals surface area contributed by atoms with Gasteiger partial charge in [-0.15, -0.1) is 10.2 Å². The summed E-state index contributed by atoms with van der Waals surface area (Å²) in [6.45, 7) is 10.6. The van der Waals surface area contributed by atoms with E-state index in [1.165, 1.54) is 38.9 Å². The fourth-order valence-corrected chi connectivity index (χ4v) is 2.57. The summed E-state index contributed by atoms with van der Waals surface area (Å²) in [5.41, 5.74) is 0.445. The monoisotopic (exact) mass is 250 g/mol. The van der Waals surface area contributed by atoms with Crippen molar-refractivity contribution >= 4 is 0 Å². The highest BCUT2D eigenvalue weighted by atomic mass is 15.3. The second-order valence-corrected chi connectivity index (χ2v) is 6.73. The fraction of sp³-hybridized carbons (Fsp3) is 0.857. The average Bonchev–Trinajstić information content (AvgIpc) is 2.73. The van der Waals surface area contributed by atoms with Gasteiger partial charge in [-0.2, -0.15) is 0 Å². The van der Waals surface area contributed by atoms with E-state index in [0.717, 1.165) is 5.82 Å². The molecule has 2 rings (SSSR count). The number of aromatic nitrogens is 3. The van der Waals surface area contributed by atoms with Gasteiger partial charge in [0.15, 0.2) is 0 Å². The molecule has 0 bridgehead atoms. The van der Waals surface area contributed by atoms with Crippen LogP contribution >= 0.6 is 0 Å². The second-order valence-electron chi connectivity index (χ2n) is 6.73. The minimum absolute atomic E-state index is 0.445. The molecule has 1 saturated heterocycles. The highest BCUT2D eigenvalue weighted by Crippen LogP contribution is 2.27. The van der Waals surface area contributed by atoms with Gasteiger partial charge in [0.05, 0.1) is 0 Å². The Labute approximate surface area is 110 Å². The molecular formula is C14H26N4. The first kappa shape index (κ1) is 13.5. The molecule has 18 heavy (non-hydrogen) atoms.